The minimum Gasteiger partial charge on any atom is -0.396 e. The highest BCUT2D eigenvalue weighted by atomic mass is 79.9. The maximum atomic E-state index is 13.4. The molecule has 0 radical (unpaired) electrons. The molecule has 1 aromatic carbocycles. The summed E-state index contributed by atoms with van der Waals surface area (Å²) in [5.41, 5.74) is -0.00337. The summed E-state index contributed by atoms with van der Waals surface area (Å²) in [6.45, 7) is 3.55. The molecule has 0 saturated heterocycles. The van der Waals surface area contributed by atoms with Crippen LogP contribution in [0.3, 0.4) is 0 Å². The van der Waals surface area contributed by atoms with Crippen LogP contribution >= 0.6 is 15.9 Å². The zero-order valence-corrected chi connectivity index (χ0v) is 11.3. The highest BCUT2D eigenvalue weighted by Crippen LogP contribution is 2.16. The lowest BCUT2D eigenvalue weighted by molar-refractivity contribution is 0.0912. The zero-order chi connectivity index (χ0) is 13.0. The van der Waals surface area contributed by atoms with Crippen molar-refractivity contribution in [2.24, 2.45) is 5.92 Å². The molecule has 5 heteroatoms. The molecule has 94 valence electrons. The molecule has 1 rings (SSSR count). The first-order valence-electron chi connectivity index (χ1n) is 5.32. The predicted octanol–water partition coefficient (Wildman–Crippen LogP) is 2.33. The minimum atomic E-state index is -0.561. The normalized spacial score (nSPS) is 14.2. The van der Waals surface area contributed by atoms with E-state index in [4.69, 9.17) is 5.11 Å². The van der Waals surface area contributed by atoms with Crippen molar-refractivity contribution in [2.75, 3.05) is 6.61 Å². The lowest BCUT2D eigenvalue weighted by Crippen LogP contribution is -2.38. The van der Waals surface area contributed by atoms with Crippen LogP contribution in [0.4, 0.5) is 4.39 Å². The van der Waals surface area contributed by atoms with E-state index >= 15 is 0 Å². The molecule has 0 spiro atoms. The van der Waals surface area contributed by atoms with E-state index in [1.807, 2.05) is 6.92 Å². The van der Waals surface area contributed by atoms with Gasteiger partial charge < -0.3 is 10.4 Å². The van der Waals surface area contributed by atoms with Gasteiger partial charge in [-0.3, -0.25) is 4.79 Å². The summed E-state index contributed by atoms with van der Waals surface area (Å²) in [7, 11) is 0. The summed E-state index contributed by atoms with van der Waals surface area (Å²) in [4.78, 5) is 11.8. The molecule has 0 saturated carbocycles. The molecular weight excluding hydrogens is 289 g/mol. The maximum absolute atomic E-state index is 13.4. The largest absolute Gasteiger partial charge is 0.396 e. The van der Waals surface area contributed by atoms with Crippen molar-refractivity contribution in [2.45, 2.75) is 19.9 Å². The molecule has 0 aliphatic heterocycles. The average molecular weight is 304 g/mol. The second-order valence-corrected chi connectivity index (χ2v) is 4.96. The minimum absolute atomic E-state index is 0.00337. The fourth-order valence-corrected chi connectivity index (χ4v) is 1.62. The Morgan fingerprint density at radius 1 is 1.53 bits per heavy atom. The van der Waals surface area contributed by atoms with Gasteiger partial charge in [-0.25, -0.2) is 4.39 Å². The van der Waals surface area contributed by atoms with Gasteiger partial charge in [0.2, 0.25) is 0 Å². The van der Waals surface area contributed by atoms with Crippen LogP contribution in [0.15, 0.2) is 22.7 Å². The molecule has 17 heavy (non-hydrogen) atoms. The third-order valence-corrected chi connectivity index (χ3v) is 3.17. The van der Waals surface area contributed by atoms with Gasteiger partial charge in [0.15, 0.2) is 0 Å². The number of amides is 1. The molecule has 1 aromatic rings. The van der Waals surface area contributed by atoms with Gasteiger partial charge in [-0.1, -0.05) is 22.9 Å². The summed E-state index contributed by atoms with van der Waals surface area (Å²) >= 11 is 3.19. The lowest BCUT2D eigenvalue weighted by Gasteiger charge is -2.19. The third-order valence-electron chi connectivity index (χ3n) is 2.67. The number of aliphatic hydroxyl groups is 1. The van der Waals surface area contributed by atoms with Gasteiger partial charge in [0, 0.05) is 17.1 Å². The van der Waals surface area contributed by atoms with Gasteiger partial charge in [0.25, 0.3) is 5.91 Å². The van der Waals surface area contributed by atoms with Gasteiger partial charge in [0.05, 0.1) is 5.56 Å². The fourth-order valence-electron chi connectivity index (χ4n) is 1.26. The van der Waals surface area contributed by atoms with E-state index in [0.717, 1.165) is 0 Å². The molecule has 0 fully saturated rings. The van der Waals surface area contributed by atoms with Crippen LogP contribution in [-0.4, -0.2) is 23.7 Å². The number of hydrogen-bond donors (Lipinski definition) is 2. The Labute approximate surface area is 108 Å². The fraction of sp³-hybridized carbons (Fsp3) is 0.417. The topological polar surface area (TPSA) is 49.3 Å². The van der Waals surface area contributed by atoms with E-state index in [0.29, 0.717) is 4.47 Å². The third kappa shape index (κ3) is 3.78. The van der Waals surface area contributed by atoms with Gasteiger partial charge in [-0.2, -0.15) is 0 Å². The molecule has 0 aliphatic carbocycles. The van der Waals surface area contributed by atoms with Crippen LogP contribution in [0.2, 0.25) is 0 Å². The van der Waals surface area contributed by atoms with Crippen molar-refractivity contribution in [3.05, 3.63) is 34.1 Å². The Balaban J connectivity index is 2.79. The Morgan fingerprint density at radius 3 is 2.76 bits per heavy atom. The van der Waals surface area contributed by atoms with Crippen LogP contribution in [0, 0.1) is 11.7 Å². The van der Waals surface area contributed by atoms with Crippen LogP contribution in [-0.2, 0) is 0 Å². The summed E-state index contributed by atoms with van der Waals surface area (Å²) in [6, 6.07) is 3.98. The summed E-state index contributed by atoms with van der Waals surface area (Å²) in [6.07, 6.45) is 0. The highest BCUT2D eigenvalue weighted by molar-refractivity contribution is 9.10. The maximum Gasteiger partial charge on any atom is 0.254 e. The molecule has 2 unspecified atom stereocenters. The van der Waals surface area contributed by atoms with Crippen LogP contribution < -0.4 is 5.32 Å². The average Bonchev–Trinajstić information content (AvgIpc) is 2.30. The second-order valence-electron chi connectivity index (χ2n) is 4.05. The van der Waals surface area contributed by atoms with E-state index in [1.165, 1.54) is 18.2 Å². The Kier molecular flexibility index (Phi) is 5.08. The molecule has 2 atom stereocenters. The van der Waals surface area contributed by atoms with E-state index in [2.05, 4.69) is 21.2 Å². The molecule has 0 aromatic heterocycles. The van der Waals surface area contributed by atoms with Crippen molar-refractivity contribution in [3.8, 4) is 0 Å². The summed E-state index contributed by atoms with van der Waals surface area (Å²) in [5.74, 6) is -1.11. The number of hydrogen-bond acceptors (Lipinski definition) is 2. The van der Waals surface area contributed by atoms with Crippen molar-refractivity contribution < 1.29 is 14.3 Å². The molecule has 0 heterocycles. The number of aliphatic hydroxyl groups excluding tert-OH is 1. The van der Waals surface area contributed by atoms with E-state index < -0.39 is 11.7 Å². The number of benzene rings is 1. The quantitative estimate of drug-likeness (QED) is 0.897. The lowest BCUT2D eigenvalue weighted by atomic mass is 10.0. The van der Waals surface area contributed by atoms with Crippen LogP contribution in [0.25, 0.3) is 0 Å². The van der Waals surface area contributed by atoms with Crippen LogP contribution in [0.5, 0.6) is 0 Å². The first-order chi connectivity index (χ1) is 7.95. The van der Waals surface area contributed by atoms with Crippen molar-refractivity contribution in [1.29, 1.82) is 0 Å². The van der Waals surface area contributed by atoms with Crippen molar-refractivity contribution in [3.63, 3.8) is 0 Å². The smallest absolute Gasteiger partial charge is 0.254 e. The Bertz CT molecular complexity index is 411. The molecule has 2 N–H and O–H groups in total. The van der Waals surface area contributed by atoms with Gasteiger partial charge in [0.1, 0.15) is 5.82 Å². The molecule has 0 bridgehead atoms. The van der Waals surface area contributed by atoms with Crippen LogP contribution in [0.1, 0.15) is 24.2 Å². The summed E-state index contributed by atoms with van der Waals surface area (Å²) in [5, 5.41) is 11.6. The number of carbonyl (C=O) groups excluding carboxylic acids is 1. The zero-order valence-electron chi connectivity index (χ0n) is 9.71. The first-order valence-corrected chi connectivity index (χ1v) is 6.11. The van der Waals surface area contributed by atoms with Crippen molar-refractivity contribution >= 4 is 21.8 Å². The number of halogens is 2. The van der Waals surface area contributed by atoms with Gasteiger partial charge >= 0.3 is 0 Å². The number of nitrogens with one attached hydrogen (secondary N) is 1. The van der Waals surface area contributed by atoms with E-state index in [1.54, 1.807) is 6.92 Å². The van der Waals surface area contributed by atoms with E-state index in [9.17, 15) is 9.18 Å². The second kappa shape index (κ2) is 6.12. The SMILES string of the molecule is CC(CO)C(C)NC(=O)c1cc(Br)ccc1F. The Hall–Kier alpha value is -0.940. The standard InChI is InChI=1S/C12H15BrFNO2/c1-7(6-16)8(2)15-12(17)10-5-9(13)3-4-11(10)14/h3-5,7-8,16H,6H2,1-2H3,(H,15,17). The van der Waals surface area contributed by atoms with Gasteiger partial charge in [-0.15, -0.1) is 0 Å². The molecule has 1 amide bonds. The monoisotopic (exact) mass is 303 g/mol. The number of carbonyl (C=O) groups is 1. The predicted molar refractivity (Wildman–Crippen MR) is 67.3 cm³/mol. The molecule has 0 aliphatic rings. The highest BCUT2D eigenvalue weighted by Gasteiger charge is 2.17. The summed E-state index contributed by atoms with van der Waals surface area (Å²) < 4.78 is 14.1. The molecule has 3 nitrogen and oxygen atoms in total. The Morgan fingerprint density at radius 2 is 2.18 bits per heavy atom. The van der Waals surface area contributed by atoms with Gasteiger partial charge in [-0.05, 0) is 31.0 Å². The molecular formula is C12H15BrFNO2. The van der Waals surface area contributed by atoms with Crippen molar-refractivity contribution in [1.82, 2.24) is 5.32 Å². The first kappa shape index (κ1) is 14.1. The van der Waals surface area contributed by atoms with E-state index in [-0.39, 0.29) is 24.1 Å². The number of rotatable bonds is 4.